The second kappa shape index (κ2) is 8.40. The summed E-state index contributed by atoms with van der Waals surface area (Å²) in [7, 11) is -3.49. The Labute approximate surface area is 179 Å². The first-order valence-corrected chi connectivity index (χ1v) is 12.0. The van der Waals surface area contributed by atoms with Gasteiger partial charge in [-0.1, -0.05) is 36.4 Å². The lowest BCUT2D eigenvalue weighted by Gasteiger charge is -2.36. The zero-order valence-corrected chi connectivity index (χ0v) is 18.4. The molecule has 0 saturated carbocycles. The minimum Gasteiger partial charge on any atom is -0.320 e. The standard InChI is InChI=1S/C23H29N3O3S/c1-18-8-9-22(16-19(18)2)30(28,29)25-12-10-21(11-13-25)26-15-14-24(23(26)27)17-20-6-4-3-5-7-20/h3-9,16,21H,10-15,17H2,1-2H3. The topological polar surface area (TPSA) is 60.9 Å². The van der Waals surface area contributed by atoms with Crippen LogP contribution < -0.4 is 0 Å². The molecule has 2 amide bonds. The van der Waals surface area contributed by atoms with E-state index >= 15 is 0 Å². The fourth-order valence-corrected chi connectivity index (χ4v) is 5.86. The number of rotatable bonds is 5. The SMILES string of the molecule is Cc1ccc(S(=O)(=O)N2CCC(N3CCN(Cc4ccccc4)C3=O)CC2)cc1C. The molecule has 0 radical (unpaired) electrons. The fourth-order valence-electron chi connectivity index (χ4n) is 4.31. The Hall–Kier alpha value is -2.38. The number of sulfonamides is 1. The molecule has 7 heteroatoms. The molecule has 2 aromatic rings. The first-order chi connectivity index (χ1) is 14.4. The van der Waals surface area contributed by atoms with Gasteiger partial charge in [-0.05, 0) is 55.5 Å². The van der Waals surface area contributed by atoms with Crippen molar-refractivity contribution in [2.45, 2.75) is 44.2 Å². The van der Waals surface area contributed by atoms with Gasteiger partial charge in [0.1, 0.15) is 0 Å². The molecule has 0 N–H and O–H groups in total. The highest BCUT2D eigenvalue weighted by Crippen LogP contribution is 2.27. The van der Waals surface area contributed by atoms with Crippen molar-refractivity contribution in [3.8, 4) is 0 Å². The van der Waals surface area contributed by atoms with Gasteiger partial charge in [-0.3, -0.25) is 0 Å². The van der Waals surface area contributed by atoms with Gasteiger partial charge < -0.3 is 9.80 Å². The number of carbonyl (C=O) groups excluding carboxylic acids is 1. The third-order valence-electron chi connectivity index (χ3n) is 6.32. The first-order valence-electron chi connectivity index (χ1n) is 10.5. The van der Waals surface area contributed by atoms with Gasteiger partial charge in [-0.15, -0.1) is 0 Å². The lowest BCUT2D eigenvalue weighted by atomic mass is 10.1. The molecule has 2 aliphatic rings. The molecule has 4 rings (SSSR count). The molecule has 2 fully saturated rings. The van der Waals surface area contributed by atoms with Gasteiger partial charge in [-0.2, -0.15) is 4.31 Å². The van der Waals surface area contributed by atoms with E-state index in [0.29, 0.717) is 43.9 Å². The van der Waals surface area contributed by atoms with Crippen molar-refractivity contribution in [3.63, 3.8) is 0 Å². The van der Waals surface area contributed by atoms with Crippen molar-refractivity contribution in [2.24, 2.45) is 0 Å². The number of hydrogen-bond acceptors (Lipinski definition) is 3. The maximum atomic E-state index is 13.0. The van der Waals surface area contributed by atoms with E-state index in [9.17, 15) is 13.2 Å². The molecule has 2 heterocycles. The lowest BCUT2D eigenvalue weighted by molar-refractivity contribution is 0.153. The van der Waals surface area contributed by atoms with Crippen LogP contribution in [0.25, 0.3) is 0 Å². The van der Waals surface area contributed by atoms with Crippen molar-refractivity contribution in [3.05, 3.63) is 65.2 Å². The van der Waals surface area contributed by atoms with E-state index in [2.05, 4.69) is 0 Å². The molecule has 0 bridgehead atoms. The maximum Gasteiger partial charge on any atom is 0.320 e. The van der Waals surface area contributed by atoms with Gasteiger partial charge in [0.05, 0.1) is 4.90 Å². The molecule has 6 nitrogen and oxygen atoms in total. The number of carbonyl (C=O) groups is 1. The van der Waals surface area contributed by atoms with Crippen LogP contribution >= 0.6 is 0 Å². The number of benzene rings is 2. The van der Waals surface area contributed by atoms with E-state index in [1.54, 1.807) is 16.4 Å². The highest BCUT2D eigenvalue weighted by Gasteiger charge is 2.37. The fraction of sp³-hybridized carbons (Fsp3) is 0.435. The number of aryl methyl sites for hydroxylation is 2. The summed E-state index contributed by atoms with van der Waals surface area (Å²) in [4.78, 5) is 17.1. The number of piperidine rings is 1. The van der Waals surface area contributed by atoms with Crippen LogP contribution in [0.15, 0.2) is 53.4 Å². The number of nitrogens with zero attached hydrogens (tertiary/aromatic N) is 3. The molecule has 0 aromatic heterocycles. The second-order valence-electron chi connectivity index (χ2n) is 8.26. The van der Waals surface area contributed by atoms with Gasteiger partial charge in [0, 0.05) is 38.8 Å². The second-order valence-corrected chi connectivity index (χ2v) is 10.2. The minimum atomic E-state index is -3.49. The molecule has 0 aliphatic carbocycles. The van der Waals surface area contributed by atoms with Crippen molar-refractivity contribution < 1.29 is 13.2 Å². The predicted molar refractivity (Wildman–Crippen MR) is 117 cm³/mol. The van der Waals surface area contributed by atoms with Gasteiger partial charge in [0.15, 0.2) is 0 Å². The van der Waals surface area contributed by atoms with Gasteiger partial charge in [-0.25, -0.2) is 13.2 Å². The molecule has 2 saturated heterocycles. The summed E-state index contributed by atoms with van der Waals surface area (Å²) in [5.74, 6) is 0. The summed E-state index contributed by atoms with van der Waals surface area (Å²) in [6, 6.07) is 15.5. The van der Waals surface area contributed by atoms with E-state index in [4.69, 9.17) is 0 Å². The number of amides is 2. The zero-order chi connectivity index (χ0) is 21.3. The van der Waals surface area contributed by atoms with Crippen LogP contribution in [-0.4, -0.2) is 60.8 Å². The molecule has 2 aromatic carbocycles. The molecule has 2 aliphatic heterocycles. The molecule has 0 spiro atoms. The summed E-state index contributed by atoms with van der Waals surface area (Å²) < 4.78 is 27.6. The highest BCUT2D eigenvalue weighted by atomic mass is 32.2. The average Bonchev–Trinajstić information content (AvgIpc) is 3.11. The predicted octanol–water partition coefficient (Wildman–Crippen LogP) is 3.39. The molecule has 0 atom stereocenters. The Morgan fingerprint density at radius 2 is 1.60 bits per heavy atom. The number of urea groups is 1. The van der Waals surface area contributed by atoms with Crippen LogP contribution in [0.3, 0.4) is 0 Å². The van der Waals surface area contributed by atoms with Gasteiger partial charge in [0.2, 0.25) is 10.0 Å². The summed E-state index contributed by atoms with van der Waals surface area (Å²) in [5, 5.41) is 0. The highest BCUT2D eigenvalue weighted by molar-refractivity contribution is 7.89. The average molecular weight is 428 g/mol. The third kappa shape index (κ3) is 4.09. The van der Waals surface area contributed by atoms with E-state index < -0.39 is 10.0 Å². The van der Waals surface area contributed by atoms with Gasteiger partial charge >= 0.3 is 6.03 Å². The van der Waals surface area contributed by atoms with Crippen LogP contribution in [0, 0.1) is 13.8 Å². The molecular weight excluding hydrogens is 398 g/mol. The van der Waals surface area contributed by atoms with E-state index in [1.165, 1.54) is 0 Å². The van der Waals surface area contributed by atoms with Crippen LogP contribution in [0.2, 0.25) is 0 Å². The van der Waals surface area contributed by atoms with Crippen molar-refractivity contribution in [2.75, 3.05) is 26.2 Å². The smallest absolute Gasteiger partial charge is 0.320 e. The Bertz CT molecular complexity index is 1020. The molecule has 30 heavy (non-hydrogen) atoms. The maximum absolute atomic E-state index is 13.0. The Morgan fingerprint density at radius 1 is 0.900 bits per heavy atom. The molecular formula is C23H29N3O3S. The van der Waals surface area contributed by atoms with Crippen molar-refractivity contribution in [1.82, 2.24) is 14.1 Å². The summed E-state index contributed by atoms with van der Waals surface area (Å²) in [6.45, 7) is 6.85. The van der Waals surface area contributed by atoms with Crippen molar-refractivity contribution >= 4 is 16.1 Å². The zero-order valence-electron chi connectivity index (χ0n) is 17.6. The Kier molecular flexibility index (Phi) is 5.84. The van der Waals surface area contributed by atoms with Crippen LogP contribution in [-0.2, 0) is 16.6 Å². The largest absolute Gasteiger partial charge is 0.320 e. The monoisotopic (exact) mass is 427 g/mol. The minimum absolute atomic E-state index is 0.0642. The lowest BCUT2D eigenvalue weighted by Crippen LogP contribution is -2.47. The number of hydrogen-bond donors (Lipinski definition) is 0. The summed E-state index contributed by atoms with van der Waals surface area (Å²) >= 11 is 0. The molecule has 160 valence electrons. The summed E-state index contributed by atoms with van der Waals surface area (Å²) in [5.41, 5.74) is 3.19. The molecule has 0 unspecified atom stereocenters. The normalized spacial score (nSPS) is 18.9. The van der Waals surface area contributed by atoms with Gasteiger partial charge in [0.25, 0.3) is 0 Å². The van der Waals surface area contributed by atoms with Crippen LogP contribution in [0.5, 0.6) is 0 Å². The Balaban J connectivity index is 1.37. The van der Waals surface area contributed by atoms with E-state index in [-0.39, 0.29) is 12.1 Å². The van der Waals surface area contributed by atoms with Crippen LogP contribution in [0.1, 0.15) is 29.5 Å². The van der Waals surface area contributed by atoms with Crippen LogP contribution in [0.4, 0.5) is 4.79 Å². The third-order valence-corrected chi connectivity index (χ3v) is 8.22. The van der Waals surface area contributed by atoms with Crippen molar-refractivity contribution in [1.29, 1.82) is 0 Å². The quantitative estimate of drug-likeness (QED) is 0.735. The Morgan fingerprint density at radius 3 is 2.27 bits per heavy atom. The first kappa shape index (κ1) is 20.9. The van der Waals surface area contributed by atoms with E-state index in [0.717, 1.165) is 23.2 Å². The van der Waals surface area contributed by atoms with E-state index in [1.807, 2.05) is 60.0 Å². The summed E-state index contributed by atoms with van der Waals surface area (Å²) in [6.07, 6.45) is 1.35.